The van der Waals surface area contributed by atoms with Gasteiger partial charge in [-0.3, -0.25) is 0 Å². The summed E-state index contributed by atoms with van der Waals surface area (Å²) in [7, 11) is 1.26. The molecule has 0 bridgehead atoms. The van der Waals surface area contributed by atoms with Gasteiger partial charge in [0, 0.05) is 20.0 Å². The van der Waals surface area contributed by atoms with E-state index in [0.29, 0.717) is 31.2 Å². The van der Waals surface area contributed by atoms with Gasteiger partial charge in [0.15, 0.2) is 5.89 Å². The van der Waals surface area contributed by atoms with Crippen LogP contribution in [0.25, 0.3) is 0 Å². The topological polar surface area (TPSA) is 91.0 Å². The highest BCUT2D eigenvalue weighted by Crippen LogP contribution is 2.36. The van der Waals surface area contributed by atoms with Crippen LogP contribution in [0.3, 0.4) is 0 Å². The van der Waals surface area contributed by atoms with E-state index in [2.05, 4.69) is 4.98 Å². The molecular weight excluding hydrogens is 350 g/mol. The van der Waals surface area contributed by atoms with Gasteiger partial charge in [-0.15, -0.1) is 0 Å². The molecule has 7 nitrogen and oxygen atoms in total. The van der Waals surface area contributed by atoms with Crippen LogP contribution in [-0.4, -0.2) is 35.9 Å². The SMILES string of the molecule is COC(=O)C1=C(O)C[C@@H](CCOCc2ccccc2)O[C@@H]1c1coc(C)n1. The molecule has 144 valence electrons. The average Bonchev–Trinajstić information content (AvgIpc) is 3.11. The average molecular weight is 373 g/mol. The Kier molecular flexibility index (Phi) is 6.26. The number of aliphatic hydroxyl groups excluding tert-OH is 1. The van der Waals surface area contributed by atoms with E-state index >= 15 is 0 Å². The Balaban J connectivity index is 1.64. The Morgan fingerprint density at radius 2 is 2.11 bits per heavy atom. The fourth-order valence-electron chi connectivity index (χ4n) is 2.99. The highest BCUT2D eigenvalue weighted by molar-refractivity contribution is 5.90. The minimum absolute atomic E-state index is 0.0492. The van der Waals surface area contributed by atoms with E-state index in [1.165, 1.54) is 13.4 Å². The second-order valence-electron chi connectivity index (χ2n) is 6.31. The molecule has 0 fully saturated rings. The molecule has 2 heterocycles. The van der Waals surface area contributed by atoms with E-state index in [0.717, 1.165) is 5.56 Å². The number of methoxy groups -OCH3 is 1. The molecule has 7 heteroatoms. The number of nitrogens with zero attached hydrogens (tertiary/aromatic N) is 1. The van der Waals surface area contributed by atoms with E-state index in [1.807, 2.05) is 30.3 Å². The van der Waals surface area contributed by atoms with Crippen molar-refractivity contribution in [1.82, 2.24) is 4.98 Å². The number of esters is 1. The molecule has 0 unspecified atom stereocenters. The van der Waals surface area contributed by atoms with Crippen LogP contribution >= 0.6 is 0 Å². The molecule has 0 radical (unpaired) electrons. The number of rotatable bonds is 7. The predicted molar refractivity (Wildman–Crippen MR) is 95.9 cm³/mol. The van der Waals surface area contributed by atoms with Crippen molar-refractivity contribution in [2.45, 2.75) is 38.6 Å². The molecule has 0 spiro atoms. The van der Waals surface area contributed by atoms with Gasteiger partial charge >= 0.3 is 5.97 Å². The Morgan fingerprint density at radius 1 is 1.33 bits per heavy atom. The number of aromatic nitrogens is 1. The maximum Gasteiger partial charge on any atom is 0.340 e. The number of ether oxygens (including phenoxy) is 3. The molecule has 1 aromatic carbocycles. The van der Waals surface area contributed by atoms with Crippen LogP contribution in [0.15, 0.2) is 52.3 Å². The standard InChI is InChI=1S/C20H23NO6/c1-13-21-16(12-26-13)19-18(20(23)24-2)17(22)10-15(27-19)8-9-25-11-14-6-4-3-5-7-14/h3-7,12,15,19,22H,8-11H2,1-2H3/t15-,19-/m1/s1. The van der Waals surface area contributed by atoms with Crippen molar-refractivity contribution >= 4 is 5.97 Å². The van der Waals surface area contributed by atoms with E-state index < -0.39 is 12.1 Å². The van der Waals surface area contributed by atoms with Crippen molar-refractivity contribution in [3.05, 3.63) is 65.1 Å². The number of carbonyl (C=O) groups excluding carboxylic acids is 1. The third-order valence-electron chi connectivity index (χ3n) is 4.33. The first-order valence-corrected chi connectivity index (χ1v) is 8.78. The zero-order chi connectivity index (χ0) is 19.2. The molecule has 0 saturated carbocycles. The Morgan fingerprint density at radius 3 is 2.78 bits per heavy atom. The number of hydrogen-bond acceptors (Lipinski definition) is 7. The first-order chi connectivity index (χ1) is 13.1. The summed E-state index contributed by atoms with van der Waals surface area (Å²) in [5, 5.41) is 10.4. The minimum atomic E-state index is -0.831. The highest BCUT2D eigenvalue weighted by Gasteiger charge is 2.37. The molecule has 0 aliphatic carbocycles. The number of carbonyl (C=O) groups is 1. The van der Waals surface area contributed by atoms with Crippen LogP contribution in [0.2, 0.25) is 0 Å². The van der Waals surface area contributed by atoms with Crippen LogP contribution < -0.4 is 0 Å². The lowest BCUT2D eigenvalue weighted by molar-refractivity contribution is -0.140. The molecule has 2 aromatic rings. The van der Waals surface area contributed by atoms with Gasteiger partial charge < -0.3 is 23.7 Å². The zero-order valence-electron chi connectivity index (χ0n) is 15.4. The Labute approximate surface area is 157 Å². The van der Waals surface area contributed by atoms with Gasteiger partial charge in [-0.25, -0.2) is 9.78 Å². The second kappa shape index (κ2) is 8.83. The van der Waals surface area contributed by atoms with Crippen molar-refractivity contribution in [1.29, 1.82) is 0 Å². The van der Waals surface area contributed by atoms with E-state index in [9.17, 15) is 9.90 Å². The van der Waals surface area contributed by atoms with Crippen molar-refractivity contribution < 1.29 is 28.5 Å². The maximum atomic E-state index is 12.1. The second-order valence-corrected chi connectivity index (χ2v) is 6.31. The summed E-state index contributed by atoms with van der Waals surface area (Å²) in [6.45, 7) is 2.67. The lowest BCUT2D eigenvalue weighted by Crippen LogP contribution is -2.30. The third kappa shape index (κ3) is 4.75. The third-order valence-corrected chi connectivity index (χ3v) is 4.33. The highest BCUT2D eigenvalue weighted by atomic mass is 16.5. The molecule has 1 aromatic heterocycles. The molecule has 27 heavy (non-hydrogen) atoms. The largest absolute Gasteiger partial charge is 0.512 e. The van der Waals surface area contributed by atoms with Gasteiger partial charge in [0.25, 0.3) is 0 Å². The molecule has 0 amide bonds. The number of aryl methyl sites for hydroxylation is 1. The van der Waals surface area contributed by atoms with E-state index in [-0.39, 0.29) is 23.9 Å². The zero-order valence-corrected chi connectivity index (χ0v) is 15.4. The van der Waals surface area contributed by atoms with Crippen LogP contribution in [0.5, 0.6) is 0 Å². The Bertz CT molecular complexity index is 798. The summed E-state index contributed by atoms with van der Waals surface area (Å²) in [5.74, 6) is -0.241. The molecule has 1 aliphatic heterocycles. The van der Waals surface area contributed by atoms with Gasteiger partial charge in [0.1, 0.15) is 29.4 Å². The predicted octanol–water partition coefficient (Wildman–Crippen LogP) is 3.41. The molecule has 1 aliphatic rings. The van der Waals surface area contributed by atoms with E-state index in [1.54, 1.807) is 6.92 Å². The summed E-state index contributed by atoms with van der Waals surface area (Å²) in [4.78, 5) is 16.3. The normalized spacial score (nSPS) is 19.9. The molecular formula is C20H23NO6. The van der Waals surface area contributed by atoms with Crippen molar-refractivity contribution in [3.63, 3.8) is 0 Å². The summed E-state index contributed by atoms with van der Waals surface area (Å²) >= 11 is 0. The fraction of sp³-hybridized carbons (Fsp3) is 0.400. The summed E-state index contributed by atoms with van der Waals surface area (Å²) < 4.78 is 21.7. The number of hydrogen-bond donors (Lipinski definition) is 1. The van der Waals surface area contributed by atoms with Crippen LogP contribution in [0.1, 0.15) is 36.1 Å². The van der Waals surface area contributed by atoms with Crippen molar-refractivity contribution in [2.24, 2.45) is 0 Å². The Hall–Kier alpha value is -2.64. The molecule has 0 saturated heterocycles. The number of oxazole rings is 1. The van der Waals surface area contributed by atoms with Crippen molar-refractivity contribution in [3.8, 4) is 0 Å². The molecule has 1 N–H and O–H groups in total. The number of aliphatic hydroxyl groups is 1. The van der Waals surface area contributed by atoms with Crippen LogP contribution in [0, 0.1) is 6.92 Å². The van der Waals surface area contributed by atoms with Gasteiger partial charge in [-0.1, -0.05) is 30.3 Å². The molecule has 3 rings (SSSR count). The van der Waals surface area contributed by atoms with Crippen molar-refractivity contribution in [2.75, 3.05) is 13.7 Å². The van der Waals surface area contributed by atoms with Gasteiger partial charge in [0.2, 0.25) is 0 Å². The number of benzene rings is 1. The van der Waals surface area contributed by atoms with Gasteiger partial charge in [-0.2, -0.15) is 0 Å². The maximum absolute atomic E-state index is 12.1. The van der Waals surface area contributed by atoms with Crippen LogP contribution in [0.4, 0.5) is 0 Å². The fourth-order valence-corrected chi connectivity index (χ4v) is 2.99. The summed E-state index contributed by atoms with van der Waals surface area (Å²) in [6.07, 6.45) is 1.06. The van der Waals surface area contributed by atoms with Crippen LogP contribution in [-0.2, 0) is 25.6 Å². The lowest BCUT2D eigenvalue weighted by atomic mass is 9.97. The first kappa shape index (κ1) is 19.1. The minimum Gasteiger partial charge on any atom is -0.512 e. The van der Waals surface area contributed by atoms with Gasteiger partial charge in [-0.05, 0) is 12.0 Å². The summed E-state index contributed by atoms with van der Waals surface area (Å²) in [6, 6.07) is 9.88. The monoisotopic (exact) mass is 373 g/mol. The molecule has 2 atom stereocenters. The quantitative estimate of drug-likeness (QED) is 0.587. The summed E-state index contributed by atoms with van der Waals surface area (Å²) in [5.41, 5.74) is 1.58. The lowest BCUT2D eigenvalue weighted by Gasteiger charge is -2.30. The smallest absolute Gasteiger partial charge is 0.340 e. The first-order valence-electron chi connectivity index (χ1n) is 8.78. The van der Waals surface area contributed by atoms with E-state index in [4.69, 9.17) is 18.6 Å². The van der Waals surface area contributed by atoms with Gasteiger partial charge in [0.05, 0.1) is 19.8 Å².